The number of alkyl halides is 3. The normalized spacial score (nSPS) is 12.2. The van der Waals surface area contributed by atoms with Crippen LogP contribution in [0, 0.1) is 0 Å². The summed E-state index contributed by atoms with van der Waals surface area (Å²) in [6, 6.07) is 4.37. The highest BCUT2D eigenvalue weighted by atomic mass is 79.9. The number of hydrogen-bond acceptors (Lipinski definition) is 1. The molecule has 0 bridgehead atoms. The van der Waals surface area contributed by atoms with E-state index in [-0.39, 0.29) is 18.2 Å². The van der Waals surface area contributed by atoms with E-state index in [1.807, 2.05) is 13.8 Å². The second-order valence-corrected chi connectivity index (χ2v) is 4.75. The molecule has 0 radical (unpaired) electrons. The highest BCUT2D eigenvalue weighted by Gasteiger charge is 2.33. The summed E-state index contributed by atoms with van der Waals surface area (Å²) in [5, 5.41) is 2.98. The molecule has 0 atom stereocenters. The van der Waals surface area contributed by atoms with Gasteiger partial charge in [0.15, 0.2) is 0 Å². The Hall–Kier alpha value is -0.550. The molecule has 1 aromatic carbocycles. The van der Waals surface area contributed by atoms with Crippen molar-refractivity contribution in [1.82, 2.24) is 5.32 Å². The van der Waals surface area contributed by atoms with Crippen LogP contribution in [0.15, 0.2) is 22.7 Å². The van der Waals surface area contributed by atoms with Crippen LogP contribution in [-0.2, 0) is 12.7 Å². The van der Waals surface area contributed by atoms with Gasteiger partial charge in [-0.3, -0.25) is 0 Å². The van der Waals surface area contributed by atoms with E-state index in [9.17, 15) is 13.2 Å². The monoisotopic (exact) mass is 295 g/mol. The van der Waals surface area contributed by atoms with E-state index < -0.39 is 11.7 Å². The second kappa shape index (κ2) is 5.19. The van der Waals surface area contributed by atoms with Gasteiger partial charge in [0.1, 0.15) is 0 Å². The van der Waals surface area contributed by atoms with Crippen molar-refractivity contribution in [1.29, 1.82) is 0 Å². The summed E-state index contributed by atoms with van der Waals surface area (Å²) < 4.78 is 38.6. The Balaban J connectivity index is 2.99. The van der Waals surface area contributed by atoms with Gasteiger partial charge >= 0.3 is 6.18 Å². The number of benzene rings is 1. The Morgan fingerprint density at radius 2 is 1.94 bits per heavy atom. The van der Waals surface area contributed by atoms with Crippen LogP contribution >= 0.6 is 15.9 Å². The van der Waals surface area contributed by atoms with Crippen molar-refractivity contribution in [2.45, 2.75) is 32.6 Å². The summed E-state index contributed by atoms with van der Waals surface area (Å²) in [7, 11) is 0. The number of rotatable bonds is 3. The smallest absolute Gasteiger partial charge is 0.310 e. The highest BCUT2D eigenvalue weighted by Crippen LogP contribution is 2.33. The molecule has 0 aliphatic heterocycles. The lowest BCUT2D eigenvalue weighted by Crippen LogP contribution is -2.23. The maximum absolute atomic E-state index is 12.7. The zero-order valence-electron chi connectivity index (χ0n) is 9.03. The van der Waals surface area contributed by atoms with Gasteiger partial charge in [0.25, 0.3) is 0 Å². The van der Waals surface area contributed by atoms with Crippen LogP contribution in [0.1, 0.15) is 25.0 Å². The van der Waals surface area contributed by atoms with Crippen LogP contribution in [0.4, 0.5) is 13.2 Å². The van der Waals surface area contributed by atoms with E-state index in [1.54, 1.807) is 6.07 Å². The second-order valence-electron chi connectivity index (χ2n) is 3.83. The van der Waals surface area contributed by atoms with E-state index >= 15 is 0 Å². The molecule has 0 fully saturated rings. The van der Waals surface area contributed by atoms with Gasteiger partial charge in [0, 0.05) is 17.1 Å². The third-order valence-electron chi connectivity index (χ3n) is 2.08. The van der Waals surface area contributed by atoms with Crippen LogP contribution < -0.4 is 5.32 Å². The predicted octanol–water partition coefficient (Wildman–Crippen LogP) is 3.97. The molecule has 0 saturated carbocycles. The van der Waals surface area contributed by atoms with Crippen LogP contribution in [0.25, 0.3) is 0 Å². The molecule has 1 rings (SSSR count). The van der Waals surface area contributed by atoms with Gasteiger partial charge in [0.05, 0.1) is 5.56 Å². The maximum atomic E-state index is 12.7. The van der Waals surface area contributed by atoms with Crippen molar-refractivity contribution in [2.75, 3.05) is 0 Å². The lowest BCUT2D eigenvalue weighted by molar-refractivity contribution is -0.138. The summed E-state index contributed by atoms with van der Waals surface area (Å²) >= 11 is 3.05. The number of hydrogen-bond donors (Lipinski definition) is 1. The van der Waals surface area contributed by atoms with Crippen LogP contribution in [-0.4, -0.2) is 6.04 Å². The summed E-state index contributed by atoms with van der Waals surface area (Å²) in [4.78, 5) is 0. The molecule has 0 saturated heterocycles. The van der Waals surface area contributed by atoms with Gasteiger partial charge in [-0.2, -0.15) is 13.2 Å². The molecule has 1 nitrogen and oxygen atoms in total. The minimum Gasteiger partial charge on any atom is -0.310 e. The fraction of sp³-hybridized carbons (Fsp3) is 0.455. The molecule has 5 heteroatoms. The van der Waals surface area contributed by atoms with Crippen LogP contribution in [0.3, 0.4) is 0 Å². The summed E-state index contributed by atoms with van der Waals surface area (Å²) in [6.45, 7) is 4.01. The maximum Gasteiger partial charge on any atom is 0.416 e. The molecule has 0 unspecified atom stereocenters. The first-order valence-corrected chi connectivity index (χ1v) is 5.69. The molecule has 16 heavy (non-hydrogen) atoms. The molecule has 0 aliphatic rings. The Morgan fingerprint density at radius 3 is 2.44 bits per heavy atom. The molecular formula is C11H13BrF3N. The average molecular weight is 296 g/mol. The van der Waals surface area contributed by atoms with E-state index in [2.05, 4.69) is 21.2 Å². The molecule has 0 amide bonds. The topological polar surface area (TPSA) is 12.0 Å². The molecule has 0 aliphatic carbocycles. The molecule has 0 spiro atoms. The van der Waals surface area contributed by atoms with Gasteiger partial charge in [-0.1, -0.05) is 35.8 Å². The van der Waals surface area contributed by atoms with Crippen LogP contribution in [0.2, 0.25) is 0 Å². The third-order valence-corrected chi connectivity index (χ3v) is 2.57. The van der Waals surface area contributed by atoms with E-state index in [0.717, 1.165) is 6.07 Å². The molecule has 0 heterocycles. The largest absolute Gasteiger partial charge is 0.416 e. The fourth-order valence-electron chi connectivity index (χ4n) is 1.28. The average Bonchev–Trinajstić information content (AvgIpc) is 2.14. The van der Waals surface area contributed by atoms with E-state index in [4.69, 9.17) is 0 Å². The molecule has 90 valence electrons. The van der Waals surface area contributed by atoms with Gasteiger partial charge in [-0.15, -0.1) is 0 Å². The molecule has 1 N–H and O–H groups in total. The van der Waals surface area contributed by atoms with Gasteiger partial charge in [0.2, 0.25) is 0 Å². The summed E-state index contributed by atoms with van der Waals surface area (Å²) in [5.41, 5.74) is -0.320. The van der Waals surface area contributed by atoms with Crippen LogP contribution in [0.5, 0.6) is 0 Å². The highest BCUT2D eigenvalue weighted by molar-refractivity contribution is 9.10. The van der Waals surface area contributed by atoms with Gasteiger partial charge in [-0.25, -0.2) is 0 Å². The Bertz CT molecular complexity index is 361. The Morgan fingerprint density at radius 1 is 1.31 bits per heavy atom. The minimum absolute atomic E-state index is 0.157. The van der Waals surface area contributed by atoms with E-state index in [0.29, 0.717) is 4.47 Å². The Kier molecular flexibility index (Phi) is 4.38. The summed E-state index contributed by atoms with van der Waals surface area (Å²) in [5.74, 6) is 0. The minimum atomic E-state index is -4.31. The SMILES string of the molecule is CC(C)NCc1ccc(Br)cc1C(F)(F)F. The quantitative estimate of drug-likeness (QED) is 0.890. The zero-order chi connectivity index (χ0) is 12.3. The summed E-state index contributed by atoms with van der Waals surface area (Å²) in [6.07, 6.45) is -4.31. The van der Waals surface area contributed by atoms with Crippen molar-refractivity contribution >= 4 is 15.9 Å². The lowest BCUT2D eigenvalue weighted by atomic mass is 10.1. The first-order valence-electron chi connectivity index (χ1n) is 4.89. The van der Waals surface area contributed by atoms with Crippen molar-refractivity contribution in [3.8, 4) is 0 Å². The third kappa shape index (κ3) is 3.79. The first-order chi connectivity index (χ1) is 7.30. The zero-order valence-corrected chi connectivity index (χ0v) is 10.6. The van der Waals surface area contributed by atoms with Gasteiger partial charge in [-0.05, 0) is 17.7 Å². The lowest BCUT2D eigenvalue weighted by Gasteiger charge is -2.15. The van der Waals surface area contributed by atoms with Gasteiger partial charge < -0.3 is 5.32 Å². The predicted molar refractivity (Wildman–Crippen MR) is 61.1 cm³/mol. The molecule has 1 aromatic rings. The van der Waals surface area contributed by atoms with Crippen molar-refractivity contribution in [2.24, 2.45) is 0 Å². The van der Waals surface area contributed by atoms with Crippen molar-refractivity contribution in [3.05, 3.63) is 33.8 Å². The number of nitrogens with one attached hydrogen (secondary N) is 1. The molecule has 0 aromatic heterocycles. The number of halogens is 4. The first kappa shape index (κ1) is 13.5. The standard InChI is InChI=1S/C11H13BrF3N/c1-7(2)16-6-8-3-4-9(12)5-10(8)11(13,14)15/h3-5,7,16H,6H2,1-2H3. The van der Waals surface area contributed by atoms with Crippen molar-refractivity contribution < 1.29 is 13.2 Å². The fourth-order valence-corrected chi connectivity index (χ4v) is 1.64. The van der Waals surface area contributed by atoms with Crippen molar-refractivity contribution in [3.63, 3.8) is 0 Å². The molecular weight excluding hydrogens is 283 g/mol. The van der Waals surface area contributed by atoms with E-state index in [1.165, 1.54) is 6.07 Å². The Labute approximate surface area is 101 Å².